The average molecular weight is 286 g/mol. The molecule has 0 spiro atoms. The van der Waals surface area contributed by atoms with Gasteiger partial charge in [-0.05, 0) is 24.1 Å². The lowest BCUT2D eigenvalue weighted by Crippen LogP contribution is -1.99. The SMILES string of the molecule is O=[N+]([O-])c1ccccc1CC(Cl)c1ccoc1Cl. The maximum Gasteiger partial charge on any atom is 0.272 e. The molecule has 2 rings (SSSR count). The predicted octanol–water partition coefficient (Wildman–Crippen LogP) is 4.36. The third-order valence-corrected chi connectivity index (χ3v) is 3.27. The van der Waals surface area contributed by atoms with Gasteiger partial charge in [0.2, 0.25) is 0 Å². The summed E-state index contributed by atoms with van der Waals surface area (Å²) in [5.41, 5.74) is 1.26. The zero-order valence-electron chi connectivity index (χ0n) is 9.18. The van der Waals surface area contributed by atoms with Crippen molar-refractivity contribution in [3.05, 3.63) is 63.1 Å². The van der Waals surface area contributed by atoms with Crippen LogP contribution in [-0.2, 0) is 6.42 Å². The molecular weight excluding hydrogens is 277 g/mol. The highest BCUT2D eigenvalue weighted by Gasteiger charge is 2.20. The van der Waals surface area contributed by atoms with E-state index < -0.39 is 10.3 Å². The van der Waals surface area contributed by atoms with E-state index in [-0.39, 0.29) is 10.9 Å². The van der Waals surface area contributed by atoms with Gasteiger partial charge < -0.3 is 4.42 Å². The maximum atomic E-state index is 10.9. The molecular formula is C12H9Cl2NO3. The van der Waals surface area contributed by atoms with Gasteiger partial charge in [-0.15, -0.1) is 11.6 Å². The van der Waals surface area contributed by atoms with Gasteiger partial charge in [0.1, 0.15) is 0 Å². The zero-order valence-corrected chi connectivity index (χ0v) is 10.7. The van der Waals surface area contributed by atoms with Crippen molar-refractivity contribution in [2.45, 2.75) is 11.8 Å². The number of hydrogen-bond acceptors (Lipinski definition) is 3. The molecule has 1 unspecified atom stereocenters. The minimum Gasteiger partial charge on any atom is -0.453 e. The molecule has 0 amide bonds. The van der Waals surface area contributed by atoms with E-state index in [4.69, 9.17) is 27.6 Å². The molecule has 0 saturated carbocycles. The van der Waals surface area contributed by atoms with Gasteiger partial charge in [0, 0.05) is 17.2 Å². The van der Waals surface area contributed by atoms with Gasteiger partial charge in [0.05, 0.1) is 16.6 Å². The van der Waals surface area contributed by atoms with Gasteiger partial charge in [0.25, 0.3) is 5.69 Å². The van der Waals surface area contributed by atoms with Crippen LogP contribution in [0.2, 0.25) is 5.22 Å². The summed E-state index contributed by atoms with van der Waals surface area (Å²) >= 11 is 12.0. The van der Waals surface area contributed by atoms with E-state index in [0.29, 0.717) is 17.5 Å². The number of nitro benzene ring substituents is 1. The predicted molar refractivity (Wildman–Crippen MR) is 69.1 cm³/mol. The summed E-state index contributed by atoms with van der Waals surface area (Å²) in [5, 5.41) is 10.6. The Labute approximate surface area is 113 Å². The van der Waals surface area contributed by atoms with E-state index in [0.717, 1.165) is 0 Å². The molecule has 0 saturated heterocycles. The third-order valence-electron chi connectivity index (χ3n) is 2.57. The van der Waals surface area contributed by atoms with E-state index in [2.05, 4.69) is 0 Å². The Kier molecular flexibility index (Phi) is 3.89. The highest BCUT2D eigenvalue weighted by atomic mass is 35.5. The minimum atomic E-state index is -0.461. The minimum absolute atomic E-state index is 0.0581. The molecule has 0 bridgehead atoms. The van der Waals surface area contributed by atoms with Gasteiger partial charge in [-0.2, -0.15) is 0 Å². The van der Waals surface area contributed by atoms with Crippen molar-refractivity contribution in [3.63, 3.8) is 0 Å². The lowest BCUT2D eigenvalue weighted by Gasteiger charge is -2.08. The van der Waals surface area contributed by atoms with Gasteiger partial charge in [-0.3, -0.25) is 10.1 Å². The van der Waals surface area contributed by atoms with E-state index in [1.807, 2.05) is 0 Å². The zero-order chi connectivity index (χ0) is 13.1. The molecule has 1 heterocycles. The van der Waals surface area contributed by atoms with E-state index in [1.54, 1.807) is 24.3 Å². The topological polar surface area (TPSA) is 56.3 Å². The molecule has 0 aliphatic carbocycles. The lowest BCUT2D eigenvalue weighted by molar-refractivity contribution is -0.385. The molecule has 1 aromatic carbocycles. The first-order chi connectivity index (χ1) is 8.59. The van der Waals surface area contributed by atoms with Crippen LogP contribution in [-0.4, -0.2) is 4.92 Å². The number of nitrogens with zero attached hydrogens (tertiary/aromatic N) is 1. The van der Waals surface area contributed by atoms with Crippen LogP contribution in [0.5, 0.6) is 0 Å². The number of para-hydroxylation sites is 1. The summed E-state index contributed by atoms with van der Waals surface area (Å²) in [6.45, 7) is 0. The molecule has 0 radical (unpaired) electrons. The van der Waals surface area contributed by atoms with Crippen LogP contribution in [0.4, 0.5) is 5.69 Å². The van der Waals surface area contributed by atoms with Crippen molar-refractivity contribution >= 4 is 28.9 Å². The van der Waals surface area contributed by atoms with Crippen LogP contribution in [0, 0.1) is 10.1 Å². The quantitative estimate of drug-likeness (QED) is 0.476. The summed E-state index contributed by atoms with van der Waals surface area (Å²) in [6.07, 6.45) is 1.75. The van der Waals surface area contributed by atoms with Gasteiger partial charge >= 0.3 is 0 Å². The summed E-state index contributed by atoms with van der Waals surface area (Å²) in [4.78, 5) is 10.5. The van der Waals surface area contributed by atoms with Crippen molar-refractivity contribution in [1.29, 1.82) is 0 Å². The van der Waals surface area contributed by atoms with Crippen LogP contribution in [0.25, 0.3) is 0 Å². The summed E-state index contributed by atoms with van der Waals surface area (Å²) in [5.74, 6) is 0. The molecule has 2 aromatic rings. The number of benzene rings is 1. The number of rotatable bonds is 4. The molecule has 18 heavy (non-hydrogen) atoms. The second-order valence-electron chi connectivity index (χ2n) is 3.71. The van der Waals surface area contributed by atoms with Crippen LogP contribution in [0.15, 0.2) is 41.0 Å². The monoisotopic (exact) mass is 285 g/mol. The number of nitro groups is 1. The van der Waals surface area contributed by atoms with Crippen molar-refractivity contribution < 1.29 is 9.34 Å². The smallest absolute Gasteiger partial charge is 0.272 e. The first kappa shape index (κ1) is 12.9. The fourth-order valence-corrected chi connectivity index (χ4v) is 2.33. The number of alkyl halides is 1. The van der Waals surface area contributed by atoms with Crippen molar-refractivity contribution in [1.82, 2.24) is 0 Å². The van der Waals surface area contributed by atoms with Crippen LogP contribution in [0.3, 0.4) is 0 Å². The summed E-state index contributed by atoms with van der Waals surface area (Å²) in [7, 11) is 0. The highest BCUT2D eigenvalue weighted by Crippen LogP contribution is 2.33. The van der Waals surface area contributed by atoms with Crippen LogP contribution in [0.1, 0.15) is 16.5 Å². The lowest BCUT2D eigenvalue weighted by atomic mass is 10.0. The molecule has 6 heteroatoms. The molecule has 4 nitrogen and oxygen atoms in total. The molecule has 1 atom stereocenters. The average Bonchev–Trinajstić information content (AvgIpc) is 2.76. The first-order valence-corrected chi connectivity index (χ1v) is 6.00. The van der Waals surface area contributed by atoms with Crippen LogP contribution < -0.4 is 0 Å². The third kappa shape index (κ3) is 2.66. The van der Waals surface area contributed by atoms with Gasteiger partial charge in [-0.1, -0.05) is 18.2 Å². The number of furan rings is 1. The Hall–Kier alpha value is -1.52. The molecule has 0 aliphatic rings. The molecule has 0 aliphatic heterocycles. The second kappa shape index (κ2) is 5.42. The fraction of sp³-hybridized carbons (Fsp3) is 0.167. The highest BCUT2D eigenvalue weighted by molar-refractivity contribution is 6.31. The van der Waals surface area contributed by atoms with Gasteiger partial charge in [0.15, 0.2) is 5.22 Å². The Bertz CT molecular complexity index is 568. The first-order valence-electron chi connectivity index (χ1n) is 5.19. The van der Waals surface area contributed by atoms with E-state index in [1.165, 1.54) is 12.3 Å². The Balaban J connectivity index is 2.25. The standard InChI is InChI=1S/C12H9Cl2NO3/c13-10(9-5-6-18-12(9)14)7-8-3-1-2-4-11(8)15(16)17/h1-6,10H,7H2. The summed E-state index contributed by atoms with van der Waals surface area (Å²) < 4.78 is 4.95. The Morgan fingerprint density at radius 1 is 1.33 bits per heavy atom. The van der Waals surface area contributed by atoms with Gasteiger partial charge in [-0.25, -0.2) is 0 Å². The maximum absolute atomic E-state index is 10.9. The fourth-order valence-electron chi connectivity index (χ4n) is 1.69. The van der Waals surface area contributed by atoms with Crippen molar-refractivity contribution in [2.75, 3.05) is 0 Å². The molecule has 94 valence electrons. The van der Waals surface area contributed by atoms with Crippen molar-refractivity contribution in [3.8, 4) is 0 Å². The van der Waals surface area contributed by atoms with E-state index >= 15 is 0 Å². The molecule has 1 aromatic heterocycles. The number of hydrogen-bond donors (Lipinski definition) is 0. The Morgan fingerprint density at radius 2 is 2.06 bits per heavy atom. The summed E-state index contributed by atoms with van der Waals surface area (Å²) in [6, 6.07) is 8.16. The van der Waals surface area contributed by atoms with Crippen LogP contribution >= 0.6 is 23.2 Å². The molecule has 0 fully saturated rings. The molecule has 0 N–H and O–H groups in total. The Morgan fingerprint density at radius 3 is 2.67 bits per heavy atom. The number of halogens is 2. The van der Waals surface area contributed by atoms with Crippen molar-refractivity contribution in [2.24, 2.45) is 0 Å². The second-order valence-corrected chi connectivity index (χ2v) is 4.58. The van der Waals surface area contributed by atoms with E-state index in [9.17, 15) is 10.1 Å². The largest absolute Gasteiger partial charge is 0.453 e. The normalized spacial score (nSPS) is 12.3.